The molecule has 0 saturated heterocycles. The van der Waals surface area contributed by atoms with Crippen LogP contribution >= 0.6 is 23.0 Å². The number of amides is 1. The second kappa shape index (κ2) is 14.6. The van der Waals surface area contributed by atoms with Gasteiger partial charge in [-0.2, -0.15) is 0 Å². The second-order valence-electron chi connectivity index (χ2n) is 8.84. The van der Waals surface area contributed by atoms with Gasteiger partial charge in [-0.05, 0) is 71.0 Å². The molecule has 0 bridgehead atoms. The molecule has 0 heterocycles. The molecule has 0 aliphatic rings. The Morgan fingerprint density at radius 3 is 2.30 bits per heavy atom. The highest BCUT2D eigenvalue weighted by atomic mass is 127. The predicted octanol–water partition coefficient (Wildman–Crippen LogP) is 6.71. The Balaban J connectivity index is 1.77. The standard InChI is InChI=1S/C31H35IN2O3/c1-5-28(24-10-7-6-8-11-24)31(29-18-17-27(37-32)22-23(29)2)25-13-15-26(16-14-25)36-21-20-33-19-9-12-30(35)34(3)4/h6-18,22,33H,5,19-21H2,1-4H3/b12-9+,31-28+. The number of hydrogen-bond acceptors (Lipinski definition) is 4. The van der Waals surface area contributed by atoms with Crippen LogP contribution in [0.3, 0.4) is 0 Å². The summed E-state index contributed by atoms with van der Waals surface area (Å²) in [7, 11) is 3.47. The van der Waals surface area contributed by atoms with Crippen LogP contribution in [0, 0.1) is 6.92 Å². The van der Waals surface area contributed by atoms with Crippen LogP contribution in [0.25, 0.3) is 11.1 Å². The molecule has 0 aliphatic carbocycles. The molecule has 0 saturated carbocycles. The highest BCUT2D eigenvalue weighted by molar-refractivity contribution is 14.1. The predicted molar refractivity (Wildman–Crippen MR) is 161 cm³/mol. The molecule has 0 atom stereocenters. The number of carbonyl (C=O) groups is 1. The van der Waals surface area contributed by atoms with Gasteiger partial charge in [-0.25, -0.2) is 0 Å². The third-order valence-corrected chi connectivity index (χ3v) is 6.50. The van der Waals surface area contributed by atoms with Crippen LogP contribution in [0.2, 0.25) is 0 Å². The van der Waals surface area contributed by atoms with Crippen LogP contribution < -0.4 is 13.1 Å². The fraction of sp³-hybridized carbons (Fsp3) is 0.258. The Kier molecular flexibility index (Phi) is 11.2. The first-order valence-electron chi connectivity index (χ1n) is 12.4. The van der Waals surface area contributed by atoms with Crippen LogP contribution in [0.15, 0.2) is 84.9 Å². The summed E-state index contributed by atoms with van der Waals surface area (Å²) in [4.78, 5) is 13.1. The molecule has 1 N–H and O–H groups in total. The average molecular weight is 611 g/mol. The molecule has 0 aromatic heterocycles. The second-order valence-corrected chi connectivity index (χ2v) is 9.28. The summed E-state index contributed by atoms with van der Waals surface area (Å²) in [5, 5.41) is 3.26. The van der Waals surface area contributed by atoms with Crippen molar-refractivity contribution in [1.82, 2.24) is 10.2 Å². The maximum absolute atomic E-state index is 11.5. The number of ether oxygens (including phenoxy) is 1. The van der Waals surface area contributed by atoms with Crippen LogP contribution in [0.4, 0.5) is 0 Å². The van der Waals surface area contributed by atoms with Gasteiger partial charge in [-0.3, -0.25) is 4.79 Å². The summed E-state index contributed by atoms with van der Waals surface area (Å²) in [5.41, 5.74) is 7.24. The monoisotopic (exact) mass is 610 g/mol. The number of nitrogens with one attached hydrogen (secondary N) is 1. The number of benzene rings is 3. The van der Waals surface area contributed by atoms with Crippen LogP contribution in [0.5, 0.6) is 11.5 Å². The van der Waals surface area contributed by atoms with Crippen molar-refractivity contribution in [2.45, 2.75) is 20.3 Å². The number of likely N-dealkylation sites (N-methyl/N-ethyl adjacent to an activating group) is 1. The lowest BCUT2D eigenvalue weighted by molar-refractivity contribution is -0.123. The molecule has 5 nitrogen and oxygen atoms in total. The Labute approximate surface area is 234 Å². The van der Waals surface area contributed by atoms with Gasteiger partial charge in [0.1, 0.15) is 18.1 Å². The highest BCUT2D eigenvalue weighted by Gasteiger charge is 2.15. The first-order chi connectivity index (χ1) is 17.9. The summed E-state index contributed by atoms with van der Waals surface area (Å²) in [6.45, 7) is 6.18. The summed E-state index contributed by atoms with van der Waals surface area (Å²) < 4.78 is 11.4. The molecule has 3 aromatic rings. The van der Waals surface area contributed by atoms with E-state index in [1.54, 1.807) is 25.1 Å². The van der Waals surface area contributed by atoms with E-state index in [1.807, 2.05) is 47.3 Å². The van der Waals surface area contributed by atoms with E-state index in [0.29, 0.717) is 19.7 Å². The van der Waals surface area contributed by atoms with Crippen molar-refractivity contribution in [2.24, 2.45) is 0 Å². The smallest absolute Gasteiger partial charge is 0.245 e. The molecule has 0 spiro atoms. The Hall–Kier alpha value is -3.10. The largest absolute Gasteiger partial charge is 0.492 e. The van der Waals surface area contributed by atoms with Crippen molar-refractivity contribution in [2.75, 3.05) is 33.8 Å². The first kappa shape index (κ1) is 28.5. The molecule has 6 heteroatoms. The van der Waals surface area contributed by atoms with E-state index < -0.39 is 0 Å². The molecule has 3 aromatic carbocycles. The molecule has 0 fully saturated rings. The maximum atomic E-state index is 11.5. The van der Waals surface area contributed by atoms with Gasteiger partial charge in [0.2, 0.25) is 5.91 Å². The lowest BCUT2D eigenvalue weighted by Crippen LogP contribution is -2.22. The SMILES string of the molecule is CC/C(=C(/c1ccc(OCCNC/C=C/C(=O)N(C)C)cc1)c1ccc(OI)cc1C)c1ccccc1. The molecular formula is C31H35IN2O3. The van der Waals surface area contributed by atoms with Gasteiger partial charge in [0.05, 0.1) is 0 Å². The topological polar surface area (TPSA) is 50.8 Å². The fourth-order valence-electron chi connectivity index (χ4n) is 4.07. The van der Waals surface area contributed by atoms with Gasteiger partial charge < -0.3 is 18.0 Å². The summed E-state index contributed by atoms with van der Waals surface area (Å²) in [5.74, 6) is 1.65. The summed E-state index contributed by atoms with van der Waals surface area (Å²) >= 11 is 1.92. The van der Waals surface area contributed by atoms with Gasteiger partial charge in [0.25, 0.3) is 0 Å². The summed E-state index contributed by atoms with van der Waals surface area (Å²) in [6, 6.07) is 25.1. The van der Waals surface area contributed by atoms with Gasteiger partial charge in [-0.15, -0.1) is 0 Å². The van der Waals surface area contributed by atoms with Gasteiger partial charge >= 0.3 is 0 Å². The van der Waals surface area contributed by atoms with Crippen molar-refractivity contribution in [1.29, 1.82) is 0 Å². The number of carbonyl (C=O) groups excluding carboxylic acids is 1. The van der Waals surface area contributed by atoms with Crippen molar-refractivity contribution in [3.8, 4) is 11.5 Å². The molecule has 1 amide bonds. The number of halogens is 1. The van der Waals surface area contributed by atoms with E-state index in [2.05, 4.69) is 73.8 Å². The molecule has 3 rings (SSSR count). The fourth-order valence-corrected chi connectivity index (χ4v) is 4.35. The zero-order valence-electron chi connectivity index (χ0n) is 22.0. The number of allylic oxidation sites excluding steroid dienone is 1. The molecule has 194 valence electrons. The zero-order chi connectivity index (χ0) is 26.6. The number of nitrogens with zero attached hydrogens (tertiary/aromatic N) is 1. The Morgan fingerprint density at radius 2 is 1.68 bits per heavy atom. The molecule has 0 unspecified atom stereocenters. The Bertz CT molecular complexity index is 1220. The number of aryl methyl sites for hydroxylation is 1. The lowest BCUT2D eigenvalue weighted by atomic mass is 9.86. The Morgan fingerprint density at radius 1 is 0.973 bits per heavy atom. The summed E-state index contributed by atoms with van der Waals surface area (Å²) in [6.07, 6.45) is 4.30. The van der Waals surface area contributed by atoms with E-state index in [0.717, 1.165) is 23.5 Å². The van der Waals surface area contributed by atoms with E-state index in [4.69, 9.17) is 7.80 Å². The minimum atomic E-state index is -0.0190. The van der Waals surface area contributed by atoms with E-state index in [9.17, 15) is 4.79 Å². The van der Waals surface area contributed by atoms with Gasteiger partial charge in [0, 0.05) is 33.3 Å². The first-order valence-corrected chi connectivity index (χ1v) is 13.3. The van der Waals surface area contributed by atoms with Crippen LogP contribution in [-0.4, -0.2) is 44.6 Å². The average Bonchev–Trinajstić information content (AvgIpc) is 2.92. The van der Waals surface area contributed by atoms with Crippen molar-refractivity contribution >= 4 is 40.1 Å². The molecule has 0 radical (unpaired) electrons. The third-order valence-electron chi connectivity index (χ3n) is 5.99. The van der Waals surface area contributed by atoms with Crippen molar-refractivity contribution in [3.05, 3.63) is 107 Å². The van der Waals surface area contributed by atoms with Crippen molar-refractivity contribution < 1.29 is 12.6 Å². The van der Waals surface area contributed by atoms with E-state index in [1.165, 1.54) is 27.8 Å². The normalized spacial score (nSPS) is 11.8. The zero-order valence-corrected chi connectivity index (χ0v) is 24.1. The molecule has 37 heavy (non-hydrogen) atoms. The molecular weight excluding hydrogens is 575 g/mol. The van der Waals surface area contributed by atoms with Crippen molar-refractivity contribution in [3.63, 3.8) is 0 Å². The minimum Gasteiger partial charge on any atom is -0.492 e. The van der Waals surface area contributed by atoms with Gasteiger partial charge in [0.15, 0.2) is 23.0 Å². The van der Waals surface area contributed by atoms with E-state index in [-0.39, 0.29) is 5.91 Å². The van der Waals surface area contributed by atoms with E-state index >= 15 is 0 Å². The maximum Gasteiger partial charge on any atom is 0.245 e. The highest BCUT2D eigenvalue weighted by Crippen LogP contribution is 2.37. The molecule has 0 aliphatic heterocycles. The number of rotatable bonds is 12. The number of hydrogen-bond donors (Lipinski definition) is 1. The van der Waals surface area contributed by atoms with Gasteiger partial charge in [-0.1, -0.05) is 61.5 Å². The lowest BCUT2D eigenvalue weighted by Gasteiger charge is -2.19. The van der Waals surface area contributed by atoms with Crippen LogP contribution in [0.1, 0.15) is 35.6 Å². The minimum absolute atomic E-state index is 0.0190. The quantitative estimate of drug-likeness (QED) is 0.107. The van der Waals surface area contributed by atoms with Crippen LogP contribution in [-0.2, 0) is 4.79 Å². The third kappa shape index (κ3) is 8.20.